The molecule has 344 valence electrons. The number of anilines is 1. The number of amides is 1. The summed E-state index contributed by atoms with van der Waals surface area (Å²) in [6.07, 6.45) is -4.91. The normalized spacial score (nSPS) is 14.9. The first-order valence-electron chi connectivity index (χ1n) is 18.9. The number of aromatic nitrogens is 2. The number of alkyl halides is 3. The van der Waals surface area contributed by atoms with Gasteiger partial charge < -0.3 is 29.9 Å². The molecular formula is C40H49F3N5O13PS. The quantitative estimate of drug-likeness (QED) is 0.106. The standard InChI is InChI=1S/C25H25F3N2O6.C10H12N2O3S.C5H12NO4P/c1-5-16-6-7-17(20(12-16)36-15(2)23(32)34-4)14-35-19-10-8-18(9-11-19)30-22(31)13-21(25(26,27)28)29(3)24(30)33;1-7(2)12-10(13)8-5-3-4-6-9(8)11-16(12,14)15;1-11(9,10)3-2-4(6)5(7)8/h6-13,15H,5,14H2,1-4H3;3-7,11H,1-2H3;4H,2-3,6H2,1H3,(H,7,8)(H,9,10). The van der Waals surface area contributed by atoms with Crippen molar-refractivity contribution in [3.63, 3.8) is 0 Å². The lowest BCUT2D eigenvalue weighted by Crippen LogP contribution is -2.48. The molecule has 0 radical (unpaired) electrons. The van der Waals surface area contributed by atoms with Crippen molar-refractivity contribution in [3.05, 3.63) is 116 Å². The van der Waals surface area contributed by atoms with Crippen LogP contribution in [0.5, 0.6) is 11.5 Å². The number of carbonyl (C=O) groups is 3. The van der Waals surface area contributed by atoms with Gasteiger partial charge in [0.05, 0.1) is 24.0 Å². The SMILES string of the molecule is CC(C)N1C(=O)c2ccccc2NS1(=O)=O.CCc1ccc(COc2ccc(-n3c(=O)cc(C(F)(F)F)n(C)c3=O)cc2)c(OC(C)C(=O)OC)c1.CP(=O)(O)CCC(N)C(=O)O. The van der Waals surface area contributed by atoms with E-state index in [4.69, 9.17) is 29.9 Å². The average Bonchev–Trinajstić information content (AvgIpc) is 3.20. The molecule has 1 aromatic heterocycles. The molecule has 0 aliphatic carbocycles. The van der Waals surface area contributed by atoms with Crippen molar-refractivity contribution >= 4 is 41.1 Å². The van der Waals surface area contributed by atoms with E-state index in [9.17, 15) is 50.1 Å². The third kappa shape index (κ3) is 14.0. The predicted molar refractivity (Wildman–Crippen MR) is 226 cm³/mol. The van der Waals surface area contributed by atoms with Gasteiger partial charge in [0.25, 0.3) is 11.5 Å². The summed E-state index contributed by atoms with van der Waals surface area (Å²) in [5.74, 6) is -1.31. The number of nitrogens with zero attached hydrogens (tertiary/aromatic N) is 3. The van der Waals surface area contributed by atoms with Crippen molar-refractivity contribution in [2.24, 2.45) is 12.8 Å². The maximum absolute atomic E-state index is 13.1. The zero-order valence-corrected chi connectivity index (χ0v) is 37.0. The minimum Gasteiger partial charge on any atom is -0.489 e. The predicted octanol–water partition coefficient (Wildman–Crippen LogP) is 4.53. The number of ether oxygens (including phenoxy) is 3. The van der Waals surface area contributed by atoms with Crippen molar-refractivity contribution < 1.29 is 64.7 Å². The van der Waals surface area contributed by atoms with Crippen molar-refractivity contribution in [3.8, 4) is 17.2 Å². The number of carbonyl (C=O) groups excluding carboxylic acids is 2. The van der Waals surface area contributed by atoms with E-state index in [1.165, 1.54) is 38.0 Å². The second kappa shape index (κ2) is 21.4. The molecule has 3 atom stereocenters. The van der Waals surface area contributed by atoms with Crippen LogP contribution >= 0.6 is 7.37 Å². The summed E-state index contributed by atoms with van der Waals surface area (Å²) < 4.78 is 93.9. The smallest absolute Gasteiger partial charge is 0.431 e. The molecule has 1 aliphatic rings. The van der Waals surface area contributed by atoms with Crippen molar-refractivity contribution in [1.29, 1.82) is 0 Å². The topological polar surface area (TPSA) is 256 Å². The molecule has 1 aliphatic heterocycles. The van der Waals surface area contributed by atoms with E-state index >= 15 is 0 Å². The molecule has 0 spiro atoms. The highest BCUT2D eigenvalue weighted by atomic mass is 32.2. The monoisotopic (exact) mass is 927 g/mol. The third-order valence-corrected chi connectivity index (χ3v) is 11.6. The highest BCUT2D eigenvalue weighted by Crippen LogP contribution is 2.36. The summed E-state index contributed by atoms with van der Waals surface area (Å²) in [4.78, 5) is 67.3. The molecule has 0 fully saturated rings. The van der Waals surface area contributed by atoms with Crippen LogP contribution in [-0.4, -0.2) is 87.8 Å². The molecule has 3 aromatic carbocycles. The first-order valence-corrected chi connectivity index (χ1v) is 22.7. The van der Waals surface area contributed by atoms with Crippen LogP contribution in [-0.2, 0) is 55.4 Å². The molecule has 63 heavy (non-hydrogen) atoms. The number of methoxy groups -OCH3 is 1. The van der Waals surface area contributed by atoms with E-state index in [2.05, 4.69) is 4.72 Å². The van der Waals surface area contributed by atoms with Crippen LogP contribution in [0.15, 0.2) is 82.4 Å². The van der Waals surface area contributed by atoms with Crippen LogP contribution in [0.2, 0.25) is 0 Å². The molecule has 0 saturated heterocycles. The van der Waals surface area contributed by atoms with Crippen LogP contribution < -0.4 is 31.2 Å². The Kier molecular flexibility index (Phi) is 17.5. The van der Waals surface area contributed by atoms with E-state index < -0.39 is 76.7 Å². The molecular weight excluding hydrogens is 878 g/mol. The number of halogens is 3. The van der Waals surface area contributed by atoms with Crippen molar-refractivity contribution in [1.82, 2.24) is 13.4 Å². The Balaban J connectivity index is 0.000000319. The molecule has 23 heteroatoms. The Bertz CT molecular complexity index is 2560. The Morgan fingerprint density at radius 3 is 2.14 bits per heavy atom. The number of aliphatic carboxylic acids is 1. The van der Waals surface area contributed by atoms with E-state index in [0.717, 1.165) is 23.3 Å². The van der Waals surface area contributed by atoms with Gasteiger partial charge in [-0.05, 0) is 81.6 Å². The van der Waals surface area contributed by atoms with Crippen LogP contribution in [0.25, 0.3) is 5.69 Å². The summed E-state index contributed by atoms with van der Waals surface area (Å²) in [6.45, 7) is 8.13. The van der Waals surface area contributed by atoms with Gasteiger partial charge in [0, 0.05) is 37.5 Å². The number of rotatable bonds is 13. The maximum Gasteiger partial charge on any atom is 0.431 e. The molecule has 4 aromatic rings. The number of fused-ring (bicyclic) bond motifs is 1. The molecule has 5 rings (SSSR count). The van der Waals surface area contributed by atoms with Crippen molar-refractivity contribution in [2.45, 2.75) is 71.5 Å². The minimum absolute atomic E-state index is 0.0412. The highest BCUT2D eigenvalue weighted by Gasteiger charge is 2.37. The fourth-order valence-electron chi connectivity index (χ4n) is 5.63. The molecule has 0 bridgehead atoms. The number of nitrogens with one attached hydrogen (secondary N) is 1. The van der Waals surface area contributed by atoms with Gasteiger partial charge in [0.15, 0.2) is 13.5 Å². The summed E-state index contributed by atoms with van der Waals surface area (Å²) in [5.41, 5.74) is 4.01. The highest BCUT2D eigenvalue weighted by molar-refractivity contribution is 7.91. The molecule has 5 N–H and O–H groups in total. The Morgan fingerprint density at radius 1 is 0.984 bits per heavy atom. The number of hydrogen-bond donors (Lipinski definition) is 4. The summed E-state index contributed by atoms with van der Waals surface area (Å²) >= 11 is 0. The molecule has 1 amide bonds. The second-order valence-electron chi connectivity index (χ2n) is 14.3. The number of hydrogen-bond acceptors (Lipinski definition) is 12. The first-order chi connectivity index (χ1) is 29.2. The van der Waals surface area contributed by atoms with Gasteiger partial charge in [-0.2, -0.15) is 21.6 Å². The number of nitrogens with two attached hydrogens (primary N) is 1. The van der Waals surface area contributed by atoms with Gasteiger partial charge in [-0.15, -0.1) is 0 Å². The fraction of sp³-hybridized carbons (Fsp3) is 0.375. The number of carboxylic acid groups (broad SMARTS) is 1. The molecule has 3 unspecified atom stereocenters. The summed E-state index contributed by atoms with van der Waals surface area (Å²) in [6, 6.07) is 16.8. The van der Waals surface area contributed by atoms with Crippen LogP contribution in [0.1, 0.15) is 61.3 Å². The minimum atomic E-state index is -4.84. The number of benzene rings is 3. The number of para-hydroxylation sites is 1. The lowest BCUT2D eigenvalue weighted by atomic mass is 10.1. The van der Waals surface area contributed by atoms with Gasteiger partial charge in [0.1, 0.15) is 29.8 Å². The zero-order chi connectivity index (χ0) is 47.6. The van der Waals surface area contributed by atoms with Crippen molar-refractivity contribution in [2.75, 3.05) is 24.7 Å². The maximum atomic E-state index is 13.1. The van der Waals surface area contributed by atoms with Gasteiger partial charge in [0.2, 0.25) is 0 Å². The first kappa shape index (κ1) is 51.4. The van der Waals surface area contributed by atoms with E-state index in [1.54, 1.807) is 45.0 Å². The van der Waals surface area contributed by atoms with Gasteiger partial charge in [-0.1, -0.05) is 31.2 Å². The number of esters is 1. The molecule has 18 nitrogen and oxygen atoms in total. The lowest BCUT2D eigenvalue weighted by Gasteiger charge is -2.31. The van der Waals surface area contributed by atoms with Crippen LogP contribution in [0, 0.1) is 0 Å². The lowest BCUT2D eigenvalue weighted by molar-refractivity contribution is -0.148. The Labute approximate surface area is 360 Å². The van der Waals surface area contributed by atoms with E-state index in [-0.39, 0.29) is 24.9 Å². The van der Waals surface area contributed by atoms with Crippen LogP contribution in [0.3, 0.4) is 0 Å². The summed E-state index contributed by atoms with van der Waals surface area (Å²) in [5, 5.41) is 8.28. The van der Waals surface area contributed by atoms with Crippen LogP contribution in [0.4, 0.5) is 18.9 Å². The third-order valence-electron chi connectivity index (χ3n) is 8.97. The largest absolute Gasteiger partial charge is 0.489 e. The fourth-order valence-corrected chi connectivity index (χ4v) is 7.81. The Morgan fingerprint density at radius 2 is 1.60 bits per heavy atom. The second-order valence-corrected chi connectivity index (χ2v) is 18.4. The number of carboxylic acids is 1. The average molecular weight is 928 g/mol. The van der Waals surface area contributed by atoms with E-state index in [0.29, 0.717) is 43.5 Å². The molecule has 0 saturated carbocycles. The van der Waals surface area contributed by atoms with Gasteiger partial charge in [-0.25, -0.2) is 18.5 Å². The van der Waals surface area contributed by atoms with Gasteiger partial charge in [-0.3, -0.25) is 28.2 Å². The summed E-state index contributed by atoms with van der Waals surface area (Å²) in [7, 11) is -4.64. The van der Waals surface area contributed by atoms with E-state index in [1.807, 2.05) is 25.1 Å². The Hall–Kier alpha value is -5.96. The van der Waals surface area contributed by atoms with Gasteiger partial charge >= 0.3 is 34.0 Å². The zero-order valence-electron chi connectivity index (χ0n) is 35.3. The molecule has 2 heterocycles. The number of aryl methyl sites for hydroxylation is 1.